The second-order valence-electron chi connectivity index (χ2n) is 2.66. The van der Waals surface area contributed by atoms with Crippen LogP contribution in [0.2, 0.25) is 0 Å². The maximum absolute atomic E-state index is 13.0. The highest BCUT2D eigenvalue weighted by atomic mass is 79.9. The van der Waals surface area contributed by atoms with Crippen molar-refractivity contribution >= 4 is 21.7 Å². The Morgan fingerprint density at radius 2 is 2.29 bits per heavy atom. The van der Waals surface area contributed by atoms with Crippen LogP contribution < -0.4 is 0 Å². The molecular weight excluding hydrogens is 251 g/mol. The number of hydrogen-bond donors (Lipinski definition) is 0. The second kappa shape index (κ2) is 5.22. The Labute approximate surface area is 90.2 Å². The van der Waals surface area contributed by atoms with Crippen LogP contribution in [0.4, 0.5) is 4.39 Å². The normalized spacial score (nSPS) is 10.2. The molecule has 0 bridgehead atoms. The fraction of sp³-hybridized carbons (Fsp3) is 0.300. The van der Waals surface area contributed by atoms with Crippen molar-refractivity contribution in [1.82, 2.24) is 0 Å². The topological polar surface area (TPSA) is 26.3 Å². The maximum Gasteiger partial charge on any atom is 0.189 e. The first-order valence-electron chi connectivity index (χ1n) is 4.21. The molecule has 0 aliphatic carbocycles. The van der Waals surface area contributed by atoms with E-state index in [1.54, 1.807) is 13.0 Å². The Morgan fingerprint density at radius 1 is 1.57 bits per heavy atom. The number of ether oxygens (including phenoxy) is 1. The molecule has 0 aliphatic heterocycles. The maximum atomic E-state index is 13.0. The average molecular weight is 261 g/mol. The van der Waals surface area contributed by atoms with Crippen molar-refractivity contribution in [3.05, 3.63) is 34.1 Å². The van der Waals surface area contributed by atoms with Gasteiger partial charge in [0.2, 0.25) is 0 Å². The highest BCUT2D eigenvalue weighted by molar-refractivity contribution is 9.10. The number of carbonyl (C=O) groups excluding carboxylic acids is 1. The highest BCUT2D eigenvalue weighted by Gasteiger charge is 2.12. The fourth-order valence-electron chi connectivity index (χ4n) is 0.992. The fourth-order valence-corrected chi connectivity index (χ4v) is 1.48. The van der Waals surface area contributed by atoms with E-state index >= 15 is 0 Å². The van der Waals surface area contributed by atoms with Gasteiger partial charge in [0.25, 0.3) is 0 Å². The van der Waals surface area contributed by atoms with Crippen LogP contribution in [0.15, 0.2) is 22.7 Å². The smallest absolute Gasteiger partial charge is 0.189 e. The van der Waals surface area contributed by atoms with E-state index in [1.165, 1.54) is 12.1 Å². The quantitative estimate of drug-likeness (QED) is 0.779. The molecule has 0 saturated carbocycles. The predicted molar refractivity (Wildman–Crippen MR) is 54.9 cm³/mol. The third-order valence-electron chi connectivity index (χ3n) is 1.69. The van der Waals surface area contributed by atoms with Crippen molar-refractivity contribution in [1.29, 1.82) is 0 Å². The molecule has 14 heavy (non-hydrogen) atoms. The van der Waals surface area contributed by atoms with Gasteiger partial charge >= 0.3 is 0 Å². The summed E-state index contributed by atoms with van der Waals surface area (Å²) in [5, 5.41) is 0. The van der Waals surface area contributed by atoms with E-state index in [4.69, 9.17) is 4.74 Å². The van der Waals surface area contributed by atoms with Crippen molar-refractivity contribution in [3.63, 3.8) is 0 Å². The third-order valence-corrected chi connectivity index (χ3v) is 2.50. The number of rotatable bonds is 4. The van der Waals surface area contributed by atoms with Gasteiger partial charge in [0.15, 0.2) is 5.78 Å². The van der Waals surface area contributed by atoms with E-state index in [0.29, 0.717) is 12.2 Å². The average Bonchev–Trinajstić information content (AvgIpc) is 2.18. The molecular formula is C10H10BrFO2. The molecule has 2 nitrogen and oxygen atoms in total. The van der Waals surface area contributed by atoms with E-state index in [1.807, 2.05) is 0 Å². The lowest BCUT2D eigenvalue weighted by molar-refractivity contribution is 0.0782. The van der Waals surface area contributed by atoms with Gasteiger partial charge in [-0.15, -0.1) is 0 Å². The van der Waals surface area contributed by atoms with Gasteiger partial charge in [-0.1, -0.05) is 6.07 Å². The number of benzene rings is 1. The first-order valence-corrected chi connectivity index (χ1v) is 5.01. The Bertz CT molecular complexity index is 339. The van der Waals surface area contributed by atoms with E-state index in [2.05, 4.69) is 15.9 Å². The van der Waals surface area contributed by atoms with Gasteiger partial charge < -0.3 is 4.74 Å². The third kappa shape index (κ3) is 2.62. The van der Waals surface area contributed by atoms with Gasteiger partial charge in [-0.05, 0) is 35.0 Å². The standard InChI is InChI=1S/C10H10BrFO2/c1-2-14-6-9(13)7-4-3-5-8(12)10(7)11/h3-5H,2,6H2,1H3. The van der Waals surface area contributed by atoms with Crippen molar-refractivity contribution in [2.45, 2.75) is 6.92 Å². The molecule has 0 unspecified atom stereocenters. The van der Waals surface area contributed by atoms with Crippen LogP contribution in [0.5, 0.6) is 0 Å². The summed E-state index contributed by atoms with van der Waals surface area (Å²) in [5.41, 5.74) is 0.318. The zero-order valence-electron chi connectivity index (χ0n) is 7.72. The van der Waals surface area contributed by atoms with E-state index in [9.17, 15) is 9.18 Å². The summed E-state index contributed by atoms with van der Waals surface area (Å²) in [7, 11) is 0. The molecule has 1 aromatic rings. The minimum Gasteiger partial charge on any atom is -0.374 e. The van der Waals surface area contributed by atoms with E-state index in [0.717, 1.165) is 0 Å². The molecule has 76 valence electrons. The largest absolute Gasteiger partial charge is 0.374 e. The molecule has 4 heteroatoms. The molecule has 0 atom stereocenters. The van der Waals surface area contributed by atoms with Gasteiger partial charge in [0.1, 0.15) is 12.4 Å². The first kappa shape index (κ1) is 11.3. The minimum atomic E-state index is -0.438. The SMILES string of the molecule is CCOCC(=O)c1cccc(F)c1Br. The molecule has 0 heterocycles. The van der Waals surface area contributed by atoms with Gasteiger partial charge in [-0.3, -0.25) is 4.79 Å². The first-order chi connectivity index (χ1) is 6.66. The summed E-state index contributed by atoms with van der Waals surface area (Å²) >= 11 is 3.02. The van der Waals surface area contributed by atoms with Crippen LogP contribution in [0, 0.1) is 5.82 Å². The van der Waals surface area contributed by atoms with Crippen LogP contribution in [-0.4, -0.2) is 19.0 Å². The lowest BCUT2D eigenvalue weighted by Crippen LogP contribution is -2.10. The van der Waals surface area contributed by atoms with Crippen LogP contribution in [0.3, 0.4) is 0 Å². The second-order valence-corrected chi connectivity index (χ2v) is 3.45. The van der Waals surface area contributed by atoms with Gasteiger partial charge in [-0.2, -0.15) is 0 Å². The Kier molecular flexibility index (Phi) is 4.22. The number of ketones is 1. The van der Waals surface area contributed by atoms with Crippen LogP contribution in [-0.2, 0) is 4.74 Å². The molecule has 0 amide bonds. The molecule has 1 aromatic carbocycles. The van der Waals surface area contributed by atoms with Crippen LogP contribution in [0.25, 0.3) is 0 Å². The van der Waals surface area contributed by atoms with Crippen LogP contribution in [0.1, 0.15) is 17.3 Å². The lowest BCUT2D eigenvalue weighted by atomic mass is 10.1. The van der Waals surface area contributed by atoms with Crippen molar-refractivity contribution in [2.75, 3.05) is 13.2 Å². The molecule has 0 fully saturated rings. The summed E-state index contributed by atoms with van der Waals surface area (Å²) in [5.74, 6) is -0.662. The molecule has 0 spiro atoms. The zero-order chi connectivity index (χ0) is 10.6. The van der Waals surface area contributed by atoms with Crippen LogP contribution >= 0.6 is 15.9 Å². The summed E-state index contributed by atoms with van der Waals surface area (Å²) in [6.45, 7) is 2.26. The number of Topliss-reactive ketones (excluding diaryl/α,β-unsaturated/α-hetero) is 1. The summed E-state index contributed by atoms with van der Waals surface area (Å²) in [4.78, 5) is 11.5. The summed E-state index contributed by atoms with van der Waals surface area (Å²) < 4.78 is 18.2. The lowest BCUT2D eigenvalue weighted by Gasteiger charge is -2.04. The molecule has 0 aromatic heterocycles. The van der Waals surface area contributed by atoms with Crippen molar-refractivity contribution < 1.29 is 13.9 Å². The molecule has 0 aliphatic rings. The monoisotopic (exact) mass is 260 g/mol. The molecule has 0 radical (unpaired) electrons. The molecule has 1 rings (SSSR count). The van der Waals surface area contributed by atoms with E-state index in [-0.39, 0.29) is 16.9 Å². The molecule has 0 N–H and O–H groups in total. The zero-order valence-corrected chi connectivity index (χ0v) is 9.30. The van der Waals surface area contributed by atoms with Gasteiger partial charge in [0.05, 0.1) is 4.47 Å². The van der Waals surface area contributed by atoms with Crippen molar-refractivity contribution in [3.8, 4) is 0 Å². The summed E-state index contributed by atoms with van der Waals surface area (Å²) in [6, 6.07) is 4.36. The van der Waals surface area contributed by atoms with E-state index < -0.39 is 5.82 Å². The Morgan fingerprint density at radius 3 is 2.93 bits per heavy atom. The Hall–Kier alpha value is -0.740. The minimum absolute atomic E-state index is 0.0153. The van der Waals surface area contributed by atoms with Gasteiger partial charge in [0, 0.05) is 12.2 Å². The number of hydrogen-bond acceptors (Lipinski definition) is 2. The molecule has 0 saturated heterocycles. The van der Waals surface area contributed by atoms with Gasteiger partial charge in [-0.25, -0.2) is 4.39 Å². The summed E-state index contributed by atoms with van der Waals surface area (Å²) in [6.07, 6.45) is 0. The number of halogens is 2. The number of carbonyl (C=O) groups is 1. The highest BCUT2D eigenvalue weighted by Crippen LogP contribution is 2.20. The predicted octanol–water partition coefficient (Wildman–Crippen LogP) is 2.81. The van der Waals surface area contributed by atoms with Crippen molar-refractivity contribution in [2.24, 2.45) is 0 Å². The Balaban J connectivity index is 2.84.